The number of fused-ring (bicyclic) bond motifs is 1. The molecule has 0 saturated heterocycles. The smallest absolute Gasteiger partial charge is 0.0704 e. The van der Waals surface area contributed by atoms with Crippen molar-refractivity contribution in [3.8, 4) is 0 Å². The van der Waals surface area contributed by atoms with Gasteiger partial charge in [0, 0.05) is 16.4 Å². The van der Waals surface area contributed by atoms with E-state index >= 15 is 0 Å². The molecule has 2 atom stereocenters. The first-order valence-electron chi connectivity index (χ1n) is 5.65. The Balaban J connectivity index is 2.37. The van der Waals surface area contributed by atoms with Gasteiger partial charge in [0.05, 0.1) is 5.52 Å². The Kier molecular flexibility index (Phi) is 3.59. The van der Waals surface area contributed by atoms with E-state index in [0.717, 1.165) is 11.9 Å². The number of aromatic nitrogens is 1. The first-order chi connectivity index (χ1) is 7.68. The van der Waals surface area contributed by atoms with Gasteiger partial charge in [0.25, 0.3) is 0 Å². The van der Waals surface area contributed by atoms with Gasteiger partial charge >= 0.3 is 0 Å². The molecule has 1 aromatic carbocycles. The van der Waals surface area contributed by atoms with E-state index in [2.05, 4.69) is 59.0 Å². The zero-order valence-corrected chi connectivity index (χ0v) is 11.2. The van der Waals surface area contributed by atoms with Gasteiger partial charge in [-0.3, -0.25) is 4.98 Å². The number of alkyl halides is 1. The number of halogens is 1. The topological polar surface area (TPSA) is 12.9 Å². The minimum atomic E-state index is 0.541. The predicted octanol–water partition coefficient (Wildman–Crippen LogP) is 4.20. The SMILES string of the molecule is CC(Br)C(C)Cc1ccnc2ccccc12. The highest BCUT2D eigenvalue weighted by molar-refractivity contribution is 9.09. The maximum absolute atomic E-state index is 4.38. The van der Waals surface area contributed by atoms with Crippen LogP contribution in [-0.2, 0) is 6.42 Å². The van der Waals surface area contributed by atoms with Crippen LogP contribution < -0.4 is 0 Å². The summed E-state index contributed by atoms with van der Waals surface area (Å²) in [6.45, 7) is 4.47. The Morgan fingerprint density at radius 2 is 1.94 bits per heavy atom. The van der Waals surface area contributed by atoms with Gasteiger partial charge in [0.1, 0.15) is 0 Å². The van der Waals surface area contributed by atoms with E-state index in [1.54, 1.807) is 0 Å². The number of rotatable bonds is 3. The Morgan fingerprint density at radius 1 is 1.19 bits per heavy atom. The predicted molar refractivity (Wildman–Crippen MR) is 73.0 cm³/mol. The van der Waals surface area contributed by atoms with E-state index in [-0.39, 0.29) is 0 Å². The quantitative estimate of drug-likeness (QED) is 0.767. The van der Waals surface area contributed by atoms with Crippen molar-refractivity contribution >= 4 is 26.8 Å². The van der Waals surface area contributed by atoms with E-state index in [1.807, 2.05) is 12.3 Å². The number of hydrogen-bond acceptors (Lipinski definition) is 1. The third-order valence-electron chi connectivity index (χ3n) is 3.07. The molecular formula is C14H16BrN. The molecule has 1 aromatic heterocycles. The van der Waals surface area contributed by atoms with Crippen LogP contribution in [0, 0.1) is 5.92 Å². The molecule has 0 radical (unpaired) electrons. The average Bonchev–Trinajstić information content (AvgIpc) is 2.29. The lowest BCUT2D eigenvalue weighted by Crippen LogP contribution is -2.10. The minimum absolute atomic E-state index is 0.541. The highest BCUT2D eigenvalue weighted by Gasteiger charge is 2.11. The number of nitrogens with zero attached hydrogens (tertiary/aromatic N) is 1. The largest absolute Gasteiger partial charge is 0.256 e. The fourth-order valence-corrected chi connectivity index (χ4v) is 2.03. The summed E-state index contributed by atoms with van der Waals surface area (Å²) in [5.74, 6) is 0.630. The van der Waals surface area contributed by atoms with Crippen LogP contribution in [0.2, 0.25) is 0 Å². The molecule has 2 heteroatoms. The summed E-state index contributed by atoms with van der Waals surface area (Å²) in [7, 11) is 0. The molecule has 2 aromatic rings. The Bertz CT molecular complexity index is 474. The Morgan fingerprint density at radius 3 is 2.69 bits per heavy atom. The van der Waals surface area contributed by atoms with Gasteiger partial charge < -0.3 is 0 Å². The molecular weight excluding hydrogens is 262 g/mol. The summed E-state index contributed by atoms with van der Waals surface area (Å²) in [6, 6.07) is 10.5. The fraction of sp³-hybridized carbons (Fsp3) is 0.357. The molecule has 0 spiro atoms. The zero-order chi connectivity index (χ0) is 11.5. The molecule has 1 heterocycles. The molecule has 2 rings (SSSR count). The second-order valence-electron chi connectivity index (χ2n) is 4.35. The summed E-state index contributed by atoms with van der Waals surface area (Å²) in [5.41, 5.74) is 2.49. The fourth-order valence-electron chi connectivity index (χ4n) is 1.84. The van der Waals surface area contributed by atoms with Crippen molar-refractivity contribution in [2.24, 2.45) is 5.92 Å². The second kappa shape index (κ2) is 4.96. The zero-order valence-electron chi connectivity index (χ0n) is 9.65. The molecule has 0 amide bonds. The van der Waals surface area contributed by atoms with E-state index in [1.165, 1.54) is 10.9 Å². The van der Waals surface area contributed by atoms with Crippen molar-refractivity contribution in [2.45, 2.75) is 25.1 Å². The third kappa shape index (κ3) is 2.43. The standard InChI is InChI=1S/C14H16BrN/c1-10(11(2)15)9-12-7-8-16-14-6-4-3-5-13(12)14/h3-8,10-11H,9H2,1-2H3. The van der Waals surface area contributed by atoms with Crippen molar-refractivity contribution in [3.05, 3.63) is 42.1 Å². The summed E-state index contributed by atoms with van der Waals surface area (Å²) < 4.78 is 0. The average molecular weight is 278 g/mol. The Labute approximate surface area is 105 Å². The molecule has 1 nitrogen and oxygen atoms in total. The lowest BCUT2D eigenvalue weighted by Gasteiger charge is -2.15. The van der Waals surface area contributed by atoms with Crippen molar-refractivity contribution in [1.82, 2.24) is 4.98 Å². The van der Waals surface area contributed by atoms with Gasteiger partial charge in [-0.05, 0) is 30.0 Å². The molecule has 0 N–H and O–H groups in total. The monoisotopic (exact) mass is 277 g/mol. The van der Waals surface area contributed by atoms with Gasteiger partial charge in [-0.2, -0.15) is 0 Å². The van der Waals surface area contributed by atoms with Gasteiger partial charge in [-0.1, -0.05) is 48.0 Å². The molecule has 0 aliphatic carbocycles. The van der Waals surface area contributed by atoms with Crippen molar-refractivity contribution in [3.63, 3.8) is 0 Å². The van der Waals surface area contributed by atoms with Gasteiger partial charge in [-0.15, -0.1) is 0 Å². The highest BCUT2D eigenvalue weighted by atomic mass is 79.9. The van der Waals surface area contributed by atoms with Gasteiger partial charge in [-0.25, -0.2) is 0 Å². The van der Waals surface area contributed by atoms with Crippen LogP contribution in [0.5, 0.6) is 0 Å². The number of hydrogen-bond donors (Lipinski definition) is 0. The van der Waals surface area contributed by atoms with Crippen LogP contribution in [0.15, 0.2) is 36.5 Å². The lowest BCUT2D eigenvalue weighted by molar-refractivity contribution is 0.583. The summed E-state index contributed by atoms with van der Waals surface area (Å²) in [5, 5.41) is 1.28. The third-order valence-corrected chi connectivity index (χ3v) is 3.97. The van der Waals surface area contributed by atoms with Crippen molar-refractivity contribution < 1.29 is 0 Å². The summed E-state index contributed by atoms with van der Waals surface area (Å²) in [6.07, 6.45) is 3.00. The molecule has 2 unspecified atom stereocenters. The van der Waals surface area contributed by atoms with E-state index in [4.69, 9.17) is 0 Å². The van der Waals surface area contributed by atoms with Crippen molar-refractivity contribution in [1.29, 1.82) is 0 Å². The van der Waals surface area contributed by atoms with Crippen molar-refractivity contribution in [2.75, 3.05) is 0 Å². The maximum atomic E-state index is 4.38. The normalized spacial score (nSPS) is 14.9. The van der Waals surface area contributed by atoms with Crippen LogP contribution >= 0.6 is 15.9 Å². The molecule has 84 valence electrons. The van der Waals surface area contributed by atoms with Crippen LogP contribution in [0.4, 0.5) is 0 Å². The van der Waals surface area contributed by atoms with E-state index in [9.17, 15) is 0 Å². The first kappa shape index (κ1) is 11.6. The first-order valence-corrected chi connectivity index (χ1v) is 6.56. The number of pyridine rings is 1. The molecule has 0 saturated carbocycles. The van der Waals surface area contributed by atoms with E-state index < -0.39 is 0 Å². The number of para-hydroxylation sites is 1. The van der Waals surface area contributed by atoms with E-state index in [0.29, 0.717) is 10.7 Å². The van der Waals surface area contributed by atoms with Crippen LogP contribution in [0.25, 0.3) is 10.9 Å². The number of benzene rings is 1. The molecule has 16 heavy (non-hydrogen) atoms. The molecule has 0 fully saturated rings. The van der Waals surface area contributed by atoms with Crippen LogP contribution in [0.1, 0.15) is 19.4 Å². The maximum Gasteiger partial charge on any atom is 0.0704 e. The highest BCUT2D eigenvalue weighted by Crippen LogP contribution is 2.22. The van der Waals surface area contributed by atoms with Gasteiger partial charge in [0.15, 0.2) is 0 Å². The molecule has 0 bridgehead atoms. The van der Waals surface area contributed by atoms with Gasteiger partial charge in [0.2, 0.25) is 0 Å². The summed E-state index contributed by atoms with van der Waals surface area (Å²) >= 11 is 3.65. The minimum Gasteiger partial charge on any atom is -0.256 e. The van der Waals surface area contributed by atoms with Crippen LogP contribution in [0.3, 0.4) is 0 Å². The lowest BCUT2D eigenvalue weighted by atomic mass is 9.96. The summed E-state index contributed by atoms with van der Waals surface area (Å²) in [4.78, 5) is 4.92. The Hall–Kier alpha value is -0.890. The van der Waals surface area contributed by atoms with Crippen LogP contribution in [-0.4, -0.2) is 9.81 Å². The molecule has 0 aliphatic heterocycles. The molecule has 0 aliphatic rings. The second-order valence-corrected chi connectivity index (χ2v) is 5.79.